The van der Waals surface area contributed by atoms with E-state index in [1.165, 1.54) is 6.07 Å². The van der Waals surface area contributed by atoms with Gasteiger partial charge in [-0.2, -0.15) is 5.26 Å². The van der Waals surface area contributed by atoms with Gasteiger partial charge in [-0.25, -0.2) is 4.98 Å². The summed E-state index contributed by atoms with van der Waals surface area (Å²) < 4.78 is 38.7. The third-order valence-electron chi connectivity index (χ3n) is 1.17. The zero-order chi connectivity index (χ0) is 10.8. The first-order valence-corrected chi connectivity index (χ1v) is 3.27. The summed E-state index contributed by atoms with van der Waals surface area (Å²) >= 11 is 0. The van der Waals surface area contributed by atoms with Gasteiger partial charge in [0.05, 0.1) is 6.20 Å². The first-order chi connectivity index (χ1) is 6.42. The van der Waals surface area contributed by atoms with Crippen LogP contribution < -0.4 is 4.74 Å². The molecule has 0 aliphatic rings. The van der Waals surface area contributed by atoms with E-state index < -0.39 is 23.6 Å². The van der Waals surface area contributed by atoms with Gasteiger partial charge in [0.15, 0.2) is 11.4 Å². The van der Waals surface area contributed by atoms with Gasteiger partial charge < -0.3 is 9.84 Å². The molecule has 1 rings (SSSR count). The molecule has 0 saturated carbocycles. The Hall–Kier alpha value is -1.97. The topological polar surface area (TPSA) is 66.1 Å². The molecule has 0 saturated heterocycles. The quantitative estimate of drug-likeness (QED) is 0.753. The molecular weight excluding hydrogens is 201 g/mol. The Morgan fingerprint density at radius 2 is 2.14 bits per heavy atom. The molecule has 0 aliphatic heterocycles. The molecule has 1 N–H and O–H groups in total. The molecule has 0 amide bonds. The van der Waals surface area contributed by atoms with Crippen molar-refractivity contribution < 1.29 is 23.0 Å². The molecule has 0 aliphatic carbocycles. The van der Waals surface area contributed by atoms with Gasteiger partial charge in [-0.15, -0.1) is 13.2 Å². The Morgan fingerprint density at radius 1 is 1.50 bits per heavy atom. The summed E-state index contributed by atoms with van der Waals surface area (Å²) in [5, 5.41) is 17.2. The van der Waals surface area contributed by atoms with Crippen molar-refractivity contribution in [1.29, 1.82) is 5.26 Å². The first-order valence-electron chi connectivity index (χ1n) is 3.27. The maximum absolute atomic E-state index is 11.7. The van der Waals surface area contributed by atoms with Crippen LogP contribution in [0.15, 0.2) is 12.3 Å². The summed E-state index contributed by atoms with van der Waals surface area (Å²) in [7, 11) is 0. The Bertz CT molecular complexity index is 384. The molecule has 7 heteroatoms. The van der Waals surface area contributed by atoms with Crippen LogP contribution in [0.5, 0.6) is 11.5 Å². The van der Waals surface area contributed by atoms with E-state index in [0.29, 0.717) is 6.07 Å². The number of aromatic nitrogens is 1. The molecule has 0 atom stereocenters. The lowest BCUT2D eigenvalue weighted by molar-refractivity contribution is -0.274. The fourth-order valence-electron chi connectivity index (χ4n) is 0.721. The van der Waals surface area contributed by atoms with Gasteiger partial charge in [-0.05, 0) is 0 Å². The predicted octanol–water partition coefficient (Wildman–Crippen LogP) is 1.56. The van der Waals surface area contributed by atoms with Crippen LogP contribution in [0.2, 0.25) is 0 Å². The number of hydrogen-bond donors (Lipinski definition) is 1. The highest BCUT2D eigenvalue weighted by molar-refractivity contribution is 5.41. The molecule has 0 spiro atoms. The van der Waals surface area contributed by atoms with Crippen LogP contribution in [0, 0.1) is 11.3 Å². The van der Waals surface area contributed by atoms with Crippen molar-refractivity contribution >= 4 is 0 Å². The Balaban J connectivity index is 3.07. The van der Waals surface area contributed by atoms with Crippen molar-refractivity contribution in [2.75, 3.05) is 0 Å². The number of pyridine rings is 1. The van der Waals surface area contributed by atoms with E-state index in [4.69, 9.17) is 10.4 Å². The Morgan fingerprint density at radius 3 is 2.64 bits per heavy atom. The van der Waals surface area contributed by atoms with Crippen LogP contribution >= 0.6 is 0 Å². The second kappa shape index (κ2) is 3.41. The van der Waals surface area contributed by atoms with Gasteiger partial charge in [-0.3, -0.25) is 0 Å². The van der Waals surface area contributed by atoms with E-state index in [1.54, 1.807) is 0 Å². The average molecular weight is 204 g/mol. The van der Waals surface area contributed by atoms with Crippen molar-refractivity contribution in [3.8, 4) is 17.6 Å². The summed E-state index contributed by atoms with van der Waals surface area (Å²) in [5.74, 6) is -1.33. The SMILES string of the molecule is N#Cc1ncc(O)cc1OC(F)(F)F. The van der Waals surface area contributed by atoms with Gasteiger partial charge in [-0.1, -0.05) is 0 Å². The molecule has 74 valence electrons. The molecule has 1 aromatic heterocycles. The number of aromatic hydroxyl groups is 1. The van der Waals surface area contributed by atoms with Crippen LogP contribution in [-0.2, 0) is 0 Å². The third kappa shape index (κ3) is 2.52. The second-order valence-electron chi connectivity index (χ2n) is 2.20. The average Bonchev–Trinajstić information content (AvgIpc) is 2.01. The molecule has 0 radical (unpaired) electrons. The maximum atomic E-state index is 11.7. The summed E-state index contributed by atoms with van der Waals surface area (Å²) in [6.45, 7) is 0. The highest BCUT2D eigenvalue weighted by atomic mass is 19.4. The van der Waals surface area contributed by atoms with E-state index in [0.717, 1.165) is 6.20 Å². The third-order valence-corrected chi connectivity index (χ3v) is 1.17. The summed E-state index contributed by atoms with van der Waals surface area (Å²) in [4.78, 5) is 3.24. The minimum atomic E-state index is -4.92. The minimum absolute atomic E-state index is 0.511. The van der Waals surface area contributed by atoms with E-state index in [-0.39, 0.29) is 0 Å². The molecule has 4 nitrogen and oxygen atoms in total. The van der Waals surface area contributed by atoms with Crippen LogP contribution in [0.25, 0.3) is 0 Å². The maximum Gasteiger partial charge on any atom is 0.573 e. The number of nitriles is 1. The van der Waals surface area contributed by atoms with Crippen LogP contribution in [-0.4, -0.2) is 16.5 Å². The van der Waals surface area contributed by atoms with Crippen LogP contribution in [0.4, 0.5) is 13.2 Å². The summed E-state index contributed by atoms with van der Waals surface area (Å²) in [6, 6.07) is 2.06. The van der Waals surface area contributed by atoms with Gasteiger partial charge in [0.1, 0.15) is 11.8 Å². The smallest absolute Gasteiger partial charge is 0.506 e. The lowest BCUT2D eigenvalue weighted by Gasteiger charge is -2.09. The largest absolute Gasteiger partial charge is 0.573 e. The lowest BCUT2D eigenvalue weighted by Crippen LogP contribution is -2.18. The van der Waals surface area contributed by atoms with Crippen molar-refractivity contribution in [2.45, 2.75) is 6.36 Å². The number of nitrogens with zero attached hydrogens (tertiary/aromatic N) is 2. The van der Waals surface area contributed by atoms with E-state index in [9.17, 15) is 13.2 Å². The van der Waals surface area contributed by atoms with Crippen molar-refractivity contribution in [1.82, 2.24) is 4.98 Å². The fraction of sp³-hybridized carbons (Fsp3) is 0.143. The summed E-state index contributed by atoms with van der Waals surface area (Å²) in [5.41, 5.74) is -0.542. The summed E-state index contributed by atoms with van der Waals surface area (Å²) in [6.07, 6.45) is -4.07. The monoisotopic (exact) mass is 204 g/mol. The van der Waals surface area contributed by atoms with Crippen LogP contribution in [0.1, 0.15) is 5.69 Å². The molecule has 0 bridgehead atoms. The number of ether oxygens (including phenoxy) is 1. The number of halogens is 3. The number of alkyl halides is 3. The van der Waals surface area contributed by atoms with Crippen LogP contribution in [0.3, 0.4) is 0 Å². The van der Waals surface area contributed by atoms with Crippen molar-refractivity contribution in [3.05, 3.63) is 18.0 Å². The van der Waals surface area contributed by atoms with Gasteiger partial charge in [0.2, 0.25) is 0 Å². The number of rotatable bonds is 1. The van der Waals surface area contributed by atoms with Crippen molar-refractivity contribution in [3.63, 3.8) is 0 Å². The zero-order valence-corrected chi connectivity index (χ0v) is 6.54. The van der Waals surface area contributed by atoms with E-state index in [2.05, 4.69) is 9.72 Å². The molecule has 1 heterocycles. The second-order valence-corrected chi connectivity index (χ2v) is 2.20. The Labute approximate surface area is 76.2 Å². The predicted molar refractivity (Wildman–Crippen MR) is 37.3 cm³/mol. The standard InChI is InChI=1S/C7H3F3N2O2/c8-7(9,10)14-6-1-4(13)3-12-5(6)2-11/h1,3,13H. The normalized spacial score (nSPS) is 10.7. The molecular formula is C7H3F3N2O2. The zero-order valence-electron chi connectivity index (χ0n) is 6.54. The first kappa shape index (κ1) is 10.1. The van der Waals surface area contributed by atoms with Gasteiger partial charge >= 0.3 is 6.36 Å². The lowest BCUT2D eigenvalue weighted by atomic mass is 10.3. The Kier molecular flexibility index (Phi) is 2.47. The molecule has 0 aromatic carbocycles. The molecule has 14 heavy (non-hydrogen) atoms. The molecule has 0 fully saturated rings. The number of hydrogen-bond acceptors (Lipinski definition) is 4. The highest BCUT2D eigenvalue weighted by Crippen LogP contribution is 2.27. The minimum Gasteiger partial charge on any atom is -0.506 e. The molecule has 0 unspecified atom stereocenters. The fourth-order valence-corrected chi connectivity index (χ4v) is 0.721. The van der Waals surface area contributed by atoms with Gasteiger partial charge in [0.25, 0.3) is 0 Å². The van der Waals surface area contributed by atoms with Gasteiger partial charge in [0, 0.05) is 6.07 Å². The van der Waals surface area contributed by atoms with E-state index >= 15 is 0 Å². The highest BCUT2D eigenvalue weighted by Gasteiger charge is 2.32. The molecule has 1 aromatic rings. The van der Waals surface area contributed by atoms with E-state index in [1.807, 2.05) is 0 Å². The van der Waals surface area contributed by atoms with Crippen molar-refractivity contribution in [2.24, 2.45) is 0 Å².